The highest BCUT2D eigenvalue weighted by atomic mass is 16.4. The average Bonchev–Trinajstić information content (AvgIpc) is 2.96. The lowest BCUT2D eigenvalue weighted by atomic mass is 10.1. The van der Waals surface area contributed by atoms with E-state index in [2.05, 4.69) is 46.8 Å². The van der Waals surface area contributed by atoms with Crippen molar-refractivity contribution >= 4 is 17.1 Å². The molecule has 0 spiro atoms. The Labute approximate surface area is 147 Å². The van der Waals surface area contributed by atoms with Crippen LogP contribution in [0.1, 0.15) is 43.1 Å². The van der Waals surface area contributed by atoms with Crippen molar-refractivity contribution in [2.75, 3.05) is 0 Å². The minimum absolute atomic E-state index is 0.240. The van der Waals surface area contributed by atoms with E-state index in [1.54, 1.807) is 0 Å². The number of carbonyl (C=O) groups is 1. The van der Waals surface area contributed by atoms with Gasteiger partial charge < -0.3 is 5.11 Å². The number of carboxylic acid groups (broad SMARTS) is 1. The van der Waals surface area contributed by atoms with E-state index in [4.69, 9.17) is 10.1 Å². The number of aliphatic carboxylic acids is 1. The SMILES string of the molecule is CCc1nc2cc(C)cnc2n1-c1ccc(CCCCC(=O)O)cc1. The minimum atomic E-state index is -0.725. The number of hydrogen-bond donors (Lipinski definition) is 1. The van der Waals surface area contributed by atoms with E-state index in [0.29, 0.717) is 6.42 Å². The summed E-state index contributed by atoms with van der Waals surface area (Å²) in [7, 11) is 0. The van der Waals surface area contributed by atoms with Crippen molar-refractivity contribution in [3.05, 3.63) is 53.5 Å². The van der Waals surface area contributed by atoms with Gasteiger partial charge >= 0.3 is 5.97 Å². The van der Waals surface area contributed by atoms with Gasteiger partial charge in [-0.1, -0.05) is 19.1 Å². The van der Waals surface area contributed by atoms with Crippen LogP contribution in [0.5, 0.6) is 0 Å². The zero-order valence-electron chi connectivity index (χ0n) is 14.7. The molecule has 0 aliphatic carbocycles. The Hall–Kier alpha value is -2.69. The molecule has 0 bridgehead atoms. The van der Waals surface area contributed by atoms with E-state index in [1.807, 2.05) is 13.1 Å². The van der Waals surface area contributed by atoms with Gasteiger partial charge in [0.1, 0.15) is 11.3 Å². The van der Waals surface area contributed by atoms with Crippen LogP contribution in [-0.2, 0) is 17.6 Å². The molecule has 0 fully saturated rings. The second-order valence-corrected chi connectivity index (χ2v) is 6.34. The van der Waals surface area contributed by atoms with Crippen LogP contribution < -0.4 is 0 Å². The maximum Gasteiger partial charge on any atom is 0.303 e. The molecule has 3 aromatic rings. The van der Waals surface area contributed by atoms with Gasteiger partial charge in [-0.3, -0.25) is 9.36 Å². The van der Waals surface area contributed by atoms with Crippen LogP contribution in [0.15, 0.2) is 36.5 Å². The molecule has 130 valence electrons. The highest BCUT2D eigenvalue weighted by Gasteiger charge is 2.12. The molecule has 0 radical (unpaired) electrons. The third-order valence-electron chi connectivity index (χ3n) is 4.32. The van der Waals surface area contributed by atoms with Gasteiger partial charge in [0.2, 0.25) is 0 Å². The van der Waals surface area contributed by atoms with Crippen LogP contribution in [0.25, 0.3) is 16.9 Å². The van der Waals surface area contributed by atoms with Crippen LogP contribution in [0, 0.1) is 6.92 Å². The Bertz CT molecular complexity index is 882. The molecule has 0 amide bonds. The van der Waals surface area contributed by atoms with Gasteiger partial charge in [0.05, 0.1) is 0 Å². The standard InChI is InChI=1S/C20H23N3O2/c1-3-18-22-17-12-14(2)13-21-20(17)23(18)16-10-8-15(9-11-16)6-4-5-7-19(24)25/h8-13H,3-7H2,1-2H3,(H,24,25). The molecule has 25 heavy (non-hydrogen) atoms. The van der Waals surface area contributed by atoms with Crippen molar-refractivity contribution in [2.45, 2.75) is 46.0 Å². The number of imidazole rings is 1. The first-order chi connectivity index (χ1) is 12.1. The maximum absolute atomic E-state index is 10.6. The van der Waals surface area contributed by atoms with Gasteiger partial charge in [-0.25, -0.2) is 9.97 Å². The monoisotopic (exact) mass is 337 g/mol. The normalized spacial score (nSPS) is 11.1. The first kappa shape index (κ1) is 17.1. The Kier molecular flexibility index (Phi) is 5.12. The van der Waals surface area contributed by atoms with Crippen molar-refractivity contribution in [3.8, 4) is 5.69 Å². The first-order valence-electron chi connectivity index (χ1n) is 8.73. The first-order valence-corrected chi connectivity index (χ1v) is 8.73. The number of nitrogens with zero attached hydrogens (tertiary/aromatic N) is 3. The molecule has 2 aromatic heterocycles. The Morgan fingerprint density at radius 1 is 1.20 bits per heavy atom. The van der Waals surface area contributed by atoms with E-state index in [-0.39, 0.29) is 6.42 Å². The molecule has 5 heteroatoms. The topological polar surface area (TPSA) is 68.0 Å². The quantitative estimate of drug-likeness (QED) is 0.659. The highest BCUT2D eigenvalue weighted by Crippen LogP contribution is 2.22. The second-order valence-electron chi connectivity index (χ2n) is 6.34. The fourth-order valence-electron chi connectivity index (χ4n) is 3.04. The Morgan fingerprint density at radius 3 is 2.64 bits per heavy atom. The minimum Gasteiger partial charge on any atom is -0.481 e. The molecule has 0 aliphatic rings. The molecule has 0 saturated carbocycles. The van der Waals surface area contributed by atoms with Crippen molar-refractivity contribution in [3.63, 3.8) is 0 Å². The van der Waals surface area contributed by atoms with Crippen molar-refractivity contribution in [2.24, 2.45) is 0 Å². The van der Waals surface area contributed by atoms with Crippen LogP contribution in [0.4, 0.5) is 0 Å². The predicted molar refractivity (Wildman–Crippen MR) is 98.2 cm³/mol. The smallest absolute Gasteiger partial charge is 0.303 e. The summed E-state index contributed by atoms with van der Waals surface area (Å²) in [4.78, 5) is 19.8. The number of rotatable bonds is 7. The van der Waals surface area contributed by atoms with E-state index >= 15 is 0 Å². The summed E-state index contributed by atoms with van der Waals surface area (Å²) in [6.07, 6.45) is 5.46. The fraction of sp³-hybridized carbons (Fsp3) is 0.350. The Morgan fingerprint density at radius 2 is 1.96 bits per heavy atom. The molecule has 1 aromatic carbocycles. The van der Waals surface area contributed by atoms with Crippen molar-refractivity contribution in [1.29, 1.82) is 0 Å². The molecule has 0 atom stereocenters. The predicted octanol–water partition coefficient (Wildman–Crippen LogP) is 4.09. The van der Waals surface area contributed by atoms with Gasteiger partial charge in [-0.05, 0) is 55.5 Å². The highest BCUT2D eigenvalue weighted by molar-refractivity contribution is 5.74. The number of aryl methyl sites for hydroxylation is 3. The summed E-state index contributed by atoms with van der Waals surface area (Å²) in [6.45, 7) is 4.12. The molecular weight excluding hydrogens is 314 g/mol. The number of aromatic nitrogens is 3. The molecule has 0 saturated heterocycles. The lowest BCUT2D eigenvalue weighted by Gasteiger charge is -2.09. The van der Waals surface area contributed by atoms with Crippen LogP contribution in [0.3, 0.4) is 0 Å². The fourth-order valence-corrected chi connectivity index (χ4v) is 3.04. The van der Waals surface area contributed by atoms with Crippen molar-refractivity contribution < 1.29 is 9.90 Å². The number of unbranched alkanes of at least 4 members (excludes halogenated alkanes) is 1. The third kappa shape index (κ3) is 3.87. The summed E-state index contributed by atoms with van der Waals surface area (Å²) < 4.78 is 2.11. The van der Waals surface area contributed by atoms with Gasteiger partial charge in [-0.15, -0.1) is 0 Å². The zero-order chi connectivity index (χ0) is 17.8. The molecular formula is C20H23N3O2. The molecule has 0 aliphatic heterocycles. The number of hydrogen-bond acceptors (Lipinski definition) is 3. The molecule has 3 rings (SSSR count). The largest absolute Gasteiger partial charge is 0.481 e. The molecule has 1 N–H and O–H groups in total. The number of carboxylic acids is 1. The average molecular weight is 337 g/mol. The van der Waals surface area contributed by atoms with Crippen LogP contribution in [-0.4, -0.2) is 25.6 Å². The van der Waals surface area contributed by atoms with Crippen LogP contribution >= 0.6 is 0 Å². The zero-order valence-corrected chi connectivity index (χ0v) is 14.7. The van der Waals surface area contributed by atoms with E-state index < -0.39 is 5.97 Å². The number of fused-ring (bicyclic) bond motifs is 1. The summed E-state index contributed by atoms with van der Waals surface area (Å²) >= 11 is 0. The van der Waals surface area contributed by atoms with Crippen LogP contribution in [0.2, 0.25) is 0 Å². The second kappa shape index (κ2) is 7.47. The van der Waals surface area contributed by atoms with Gasteiger partial charge in [0.15, 0.2) is 5.65 Å². The van der Waals surface area contributed by atoms with Crippen molar-refractivity contribution in [1.82, 2.24) is 14.5 Å². The lowest BCUT2D eigenvalue weighted by molar-refractivity contribution is -0.137. The van der Waals surface area contributed by atoms with Gasteiger partial charge in [-0.2, -0.15) is 0 Å². The number of pyridine rings is 1. The maximum atomic E-state index is 10.6. The van der Waals surface area contributed by atoms with Gasteiger partial charge in [0, 0.05) is 24.7 Å². The summed E-state index contributed by atoms with van der Waals surface area (Å²) in [6, 6.07) is 10.5. The third-order valence-corrected chi connectivity index (χ3v) is 4.32. The van der Waals surface area contributed by atoms with E-state index in [1.165, 1.54) is 5.56 Å². The van der Waals surface area contributed by atoms with Gasteiger partial charge in [0.25, 0.3) is 0 Å². The summed E-state index contributed by atoms with van der Waals surface area (Å²) in [5.74, 6) is 0.277. The molecule has 0 unspecified atom stereocenters. The van der Waals surface area contributed by atoms with E-state index in [0.717, 1.165) is 47.5 Å². The molecule has 2 heterocycles. The summed E-state index contributed by atoms with van der Waals surface area (Å²) in [5, 5.41) is 8.69. The lowest BCUT2D eigenvalue weighted by Crippen LogP contribution is -2.01. The summed E-state index contributed by atoms with van der Waals surface area (Å²) in [5.41, 5.74) is 5.20. The Balaban J connectivity index is 1.82. The molecule has 5 nitrogen and oxygen atoms in total. The van der Waals surface area contributed by atoms with E-state index in [9.17, 15) is 4.79 Å². The number of benzene rings is 1.